The summed E-state index contributed by atoms with van der Waals surface area (Å²) in [6, 6.07) is 120. The Morgan fingerprint density at radius 3 is 0.940 bits per heavy atom. The highest BCUT2D eigenvalue weighted by molar-refractivity contribution is 5.69. The van der Waals surface area contributed by atoms with Crippen molar-refractivity contribution in [1.29, 1.82) is 0 Å². The van der Waals surface area contributed by atoms with Gasteiger partial charge in [-0.1, -0.05) is 289 Å². The lowest BCUT2D eigenvalue weighted by molar-refractivity contribution is 1.21. The molecule has 18 aromatic rings. The molecular weight excluding hydrogens is 1420 g/mol. The summed E-state index contributed by atoms with van der Waals surface area (Å²) in [6.45, 7) is 18.7. The van der Waals surface area contributed by atoms with Crippen molar-refractivity contribution in [3.63, 3.8) is 0 Å². The third-order valence-electron chi connectivity index (χ3n) is 18.4. The van der Waals surface area contributed by atoms with E-state index in [0.29, 0.717) is 0 Å². The Morgan fingerprint density at radius 2 is 0.521 bits per heavy atom. The van der Waals surface area contributed by atoms with Crippen LogP contribution >= 0.6 is 0 Å². The number of hydrogen-bond acceptors (Lipinski definition) is 9. The van der Waals surface area contributed by atoms with Crippen molar-refractivity contribution < 1.29 is 0 Å². The Morgan fingerprint density at radius 1 is 0.162 bits per heavy atom. The van der Waals surface area contributed by atoms with E-state index in [9.17, 15) is 0 Å². The molecule has 0 aliphatic carbocycles. The Balaban J connectivity index is 0.000000139. The normalized spacial score (nSPS) is 9.92. The fourth-order valence-corrected chi connectivity index (χ4v) is 11.9. The maximum atomic E-state index is 4.44. The lowest BCUT2D eigenvalue weighted by Crippen LogP contribution is -1.84. The third kappa shape index (κ3) is 29.1. The first-order valence-corrected chi connectivity index (χ1v) is 39.0. The summed E-state index contributed by atoms with van der Waals surface area (Å²) in [5.74, 6) is 0. The van der Waals surface area contributed by atoms with Crippen molar-refractivity contribution in [1.82, 2.24) is 44.9 Å². The zero-order chi connectivity index (χ0) is 81.9. The predicted octanol–water partition coefficient (Wildman–Crippen LogP) is 27.5. The molecule has 9 heteroatoms. The maximum Gasteiger partial charge on any atom is 0.0705 e. The SMILES string of the molecule is Cc1ccc(-c2ccccc2)nc1.Cc1ccc(-c2cccnc2)cc1.Cc1ccc(-c2cccnc2)cc1.Cc1ccc(-c2ccncc2)cc1.Cc1cccc(-c2ccccc2)n1.Cc1cccc(-c2ccncc2)c1.Cc1ccccc1-c1cccnc1.Cc1ccccc1-c1ccncc1.Cc1ccnc(-c2ccccc2)c1. The molecule has 0 saturated carbocycles. The summed E-state index contributed by atoms with van der Waals surface area (Å²) < 4.78 is 0. The Labute approximate surface area is 692 Å². The van der Waals surface area contributed by atoms with Crippen LogP contribution in [0, 0.1) is 62.3 Å². The highest BCUT2D eigenvalue weighted by Crippen LogP contribution is 2.26. The van der Waals surface area contributed by atoms with E-state index in [4.69, 9.17) is 0 Å². The van der Waals surface area contributed by atoms with E-state index in [0.717, 1.165) is 22.8 Å². The molecule has 0 spiro atoms. The second-order valence-corrected chi connectivity index (χ2v) is 27.7. The highest BCUT2D eigenvalue weighted by Gasteiger charge is 2.04. The van der Waals surface area contributed by atoms with Gasteiger partial charge < -0.3 is 0 Å². The summed E-state index contributed by atoms with van der Waals surface area (Å²) >= 11 is 0. The van der Waals surface area contributed by atoms with Gasteiger partial charge in [-0.15, -0.1) is 0 Å². The van der Waals surface area contributed by atoms with Gasteiger partial charge in [-0.3, -0.25) is 44.9 Å². The molecule has 0 bridgehead atoms. The van der Waals surface area contributed by atoms with Gasteiger partial charge in [0.05, 0.1) is 17.1 Å². The van der Waals surface area contributed by atoms with Crippen LogP contribution in [0.4, 0.5) is 0 Å². The molecule has 9 nitrogen and oxygen atoms in total. The molecule has 0 saturated heterocycles. The van der Waals surface area contributed by atoms with Crippen LogP contribution in [0.3, 0.4) is 0 Å². The van der Waals surface area contributed by atoms with Gasteiger partial charge in [0.15, 0.2) is 0 Å². The van der Waals surface area contributed by atoms with Crippen molar-refractivity contribution in [3.8, 4) is 101 Å². The van der Waals surface area contributed by atoms with Gasteiger partial charge in [0.2, 0.25) is 0 Å². The van der Waals surface area contributed by atoms with Gasteiger partial charge in [0.25, 0.3) is 0 Å². The van der Waals surface area contributed by atoms with Crippen LogP contribution in [-0.2, 0) is 0 Å². The average Bonchev–Trinajstić information content (AvgIpc) is 0.850. The van der Waals surface area contributed by atoms with Crippen molar-refractivity contribution in [2.24, 2.45) is 0 Å². The molecule has 0 fully saturated rings. The fraction of sp³-hybridized carbons (Fsp3) is 0.0833. The van der Waals surface area contributed by atoms with Crippen LogP contribution in [0.2, 0.25) is 0 Å². The molecular formula is C108H99N9. The molecule has 0 amide bonds. The minimum absolute atomic E-state index is 1.03. The summed E-state index contributed by atoms with van der Waals surface area (Å²) in [6.07, 6.45) is 25.7. The Bertz CT molecular complexity index is 5180. The maximum absolute atomic E-state index is 4.44. The topological polar surface area (TPSA) is 116 Å². The molecule has 9 aromatic heterocycles. The summed E-state index contributed by atoms with van der Waals surface area (Å²) in [5.41, 5.74) is 32.5. The lowest BCUT2D eigenvalue weighted by atomic mass is 10.0. The summed E-state index contributed by atoms with van der Waals surface area (Å²) in [4.78, 5) is 37.4. The van der Waals surface area contributed by atoms with E-state index in [2.05, 4.69) is 306 Å². The average molecular weight is 1520 g/mol. The van der Waals surface area contributed by atoms with E-state index in [-0.39, 0.29) is 0 Å². The van der Waals surface area contributed by atoms with Gasteiger partial charge >= 0.3 is 0 Å². The van der Waals surface area contributed by atoms with Gasteiger partial charge in [-0.05, 0) is 231 Å². The summed E-state index contributed by atoms with van der Waals surface area (Å²) in [5, 5.41) is 0. The second kappa shape index (κ2) is 47.0. The smallest absolute Gasteiger partial charge is 0.0705 e. The first-order valence-electron chi connectivity index (χ1n) is 39.0. The van der Waals surface area contributed by atoms with Gasteiger partial charge in [-0.2, -0.15) is 0 Å². The second-order valence-electron chi connectivity index (χ2n) is 27.7. The molecule has 0 radical (unpaired) electrons. The molecule has 0 aliphatic heterocycles. The van der Waals surface area contributed by atoms with Crippen LogP contribution in [0.5, 0.6) is 0 Å². The zero-order valence-electron chi connectivity index (χ0n) is 68.1. The van der Waals surface area contributed by atoms with E-state index in [1.807, 2.05) is 222 Å². The number of hydrogen-bond donors (Lipinski definition) is 0. The van der Waals surface area contributed by atoms with Gasteiger partial charge in [0, 0.05) is 115 Å². The van der Waals surface area contributed by atoms with Crippen LogP contribution in [0.1, 0.15) is 50.2 Å². The van der Waals surface area contributed by atoms with Crippen molar-refractivity contribution >= 4 is 0 Å². The van der Waals surface area contributed by atoms with E-state index >= 15 is 0 Å². The number of benzene rings is 9. The number of aryl methyl sites for hydroxylation is 9. The van der Waals surface area contributed by atoms with Gasteiger partial charge in [0.1, 0.15) is 0 Å². The van der Waals surface area contributed by atoms with Crippen molar-refractivity contribution in [3.05, 3.63) is 489 Å². The molecule has 18 rings (SSSR count). The zero-order valence-corrected chi connectivity index (χ0v) is 68.1. The van der Waals surface area contributed by atoms with E-state index < -0.39 is 0 Å². The monoisotopic (exact) mass is 1520 g/mol. The molecule has 0 unspecified atom stereocenters. The summed E-state index contributed by atoms with van der Waals surface area (Å²) in [7, 11) is 0. The fourth-order valence-electron chi connectivity index (χ4n) is 11.9. The standard InChI is InChI=1S/9C12H11N/c1-10-2-4-11(5-3-10)12-6-8-13-9-7-12;2*1-10-4-6-11(7-5-10)12-3-2-8-13-9-12;1-10-5-2-3-7-12(10)11-6-4-8-13-9-11;1-10-3-2-4-12(9-10)11-5-7-13-8-6-11;1-10-6-5-9-12(13-10)11-7-3-2-4-8-11;1-10-4-2-3-5-12(10)11-6-8-13-9-7-11;1-10-7-8-13-12(9-10)11-5-3-2-4-6-11;1-10-7-8-12(13-9-10)11-5-3-2-4-6-11/h9*2-9H,1H3. The van der Waals surface area contributed by atoms with E-state index in [1.54, 1.807) is 18.6 Å². The van der Waals surface area contributed by atoms with E-state index in [1.165, 1.54) is 128 Å². The van der Waals surface area contributed by atoms with Gasteiger partial charge in [-0.25, -0.2) is 0 Å². The molecule has 117 heavy (non-hydrogen) atoms. The van der Waals surface area contributed by atoms with Crippen LogP contribution in [0.25, 0.3) is 101 Å². The van der Waals surface area contributed by atoms with Crippen LogP contribution in [-0.4, -0.2) is 44.9 Å². The molecule has 576 valence electrons. The largest absolute Gasteiger partial charge is 0.265 e. The number of pyridine rings is 9. The van der Waals surface area contributed by atoms with Crippen molar-refractivity contribution in [2.75, 3.05) is 0 Å². The first kappa shape index (κ1) is 84.8. The highest BCUT2D eigenvalue weighted by atomic mass is 14.7. The van der Waals surface area contributed by atoms with Crippen molar-refractivity contribution in [2.45, 2.75) is 62.3 Å². The predicted molar refractivity (Wildman–Crippen MR) is 490 cm³/mol. The minimum atomic E-state index is 1.03. The third-order valence-corrected chi connectivity index (χ3v) is 18.4. The minimum Gasteiger partial charge on any atom is -0.265 e. The molecule has 0 N–H and O–H groups in total. The number of aromatic nitrogens is 9. The number of rotatable bonds is 9. The first-order chi connectivity index (χ1) is 57.3. The molecule has 9 aromatic carbocycles. The lowest BCUT2D eigenvalue weighted by Gasteiger charge is -2.03. The quantitative estimate of drug-likeness (QED) is 0.139. The molecule has 0 atom stereocenters. The Hall–Kier alpha value is -14.7. The number of nitrogens with zero attached hydrogens (tertiary/aromatic N) is 9. The van der Waals surface area contributed by atoms with Crippen LogP contribution < -0.4 is 0 Å². The van der Waals surface area contributed by atoms with Crippen LogP contribution in [0.15, 0.2) is 439 Å². The molecule has 0 aliphatic rings. The Kier molecular flexibility index (Phi) is 34.0. The molecule has 9 heterocycles.